The Labute approximate surface area is 142 Å². The van der Waals surface area contributed by atoms with Crippen molar-refractivity contribution in [2.45, 2.75) is 31.2 Å². The summed E-state index contributed by atoms with van der Waals surface area (Å²) < 4.78 is 18.6. The van der Waals surface area contributed by atoms with E-state index >= 15 is 0 Å². The summed E-state index contributed by atoms with van der Waals surface area (Å²) >= 11 is 0. The highest BCUT2D eigenvalue weighted by atomic mass is 19.1. The van der Waals surface area contributed by atoms with Gasteiger partial charge in [-0.05, 0) is 36.5 Å². The van der Waals surface area contributed by atoms with E-state index in [1.54, 1.807) is 12.1 Å². The predicted octanol–water partition coefficient (Wildman–Crippen LogP) is 2.04. The highest BCUT2D eigenvalue weighted by Gasteiger charge is 2.54. The lowest BCUT2D eigenvalue weighted by Crippen LogP contribution is -2.47. The van der Waals surface area contributed by atoms with Crippen LogP contribution in [0.5, 0.6) is 0 Å². The van der Waals surface area contributed by atoms with Crippen LogP contribution in [-0.4, -0.2) is 61.1 Å². The summed E-state index contributed by atoms with van der Waals surface area (Å²) in [6.45, 7) is 7.37. The van der Waals surface area contributed by atoms with Crippen LogP contribution in [0.25, 0.3) is 0 Å². The van der Waals surface area contributed by atoms with Crippen LogP contribution >= 0.6 is 0 Å². The fourth-order valence-corrected chi connectivity index (χ4v) is 4.32. The van der Waals surface area contributed by atoms with Gasteiger partial charge in [0.1, 0.15) is 5.82 Å². The van der Waals surface area contributed by atoms with Crippen molar-refractivity contribution in [3.8, 4) is 0 Å². The van der Waals surface area contributed by atoms with Crippen LogP contribution in [0.15, 0.2) is 24.3 Å². The molecule has 0 unspecified atom stereocenters. The number of carbonyl (C=O) groups is 1. The highest BCUT2D eigenvalue weighted by molar-refractivity contribution is 5.91. The number of nitrogens with zero attached hydrogens (tertiary/aromatic N) is 2. The normalized spacial score (nSPS) is 29.7. The Balaban J connectivity index is 1.48. The summed E-state index contributed by atoms with van der Waals surface area (Å²) in [5.41, 5.74) is 0.573. The van der Waals surface area contributed by atoms with Gasteiger partial charge < -0.3 is 9.64 Å². The van der Waals surface area contributed by atoms with E-state index in [1.807, 2.05) is 4.90 Å². The van der Waals surface area contributed by atoms with Gasteiger partial charge >= 0.3 is 0 Å². The van der Waals surface area contributed by atoms with Crippen molar-refractivity contribution < 1.29 is 13.9 Å². The molecule has 4 rings (SSSR count). The molecular weight excluding hydrogens is 307 g/mol. The number of ether oxygens (including phenoxy) is 1. The Morgan fingerprint density at radius 2 is 1.83 bits per heavy atom. The number of morpholine rings is 1. The molecule has 130 valence electrons. The van der Waals surface area contributed by atoms with Crippen molar-refractivity contribution in [3.05, 3.63) is 35.6 Å². The molecule has 1 aromatic carbocycles. The molecule has 4 nitrogen and oxygen atoms in total. The second kappa shape index (κ2) is 6.12. The molecule has 0 radical (unpaired) electrons. The van der Waals surface area contributed by atoms with Gasteiger partial charge in [-0.3, -0.25) is 9.69 Å². The summed E-state index contributed by atoms with van der Waals surface area (Å²) in [5.74, 6) is 0.469. The van der Waals surface area contributed by atoms with E-state index in [2.05, 4.69) is 11.8 Å². The first kappa shape index (κ1) is 16.0. The van der Waals surface area contributed by atoms with Gasteiger partial charge in [-0.15, -0.1) is 0 Å². The minimum atomic E-state index is -0.396. The summed E-state index contributed by atoms with van der Waals surface area (Å²) in [4.78, 5) is 17.7. The maximum Gasteiger partial charge on any atom is 0.233 e. The Bertz CT molecular complexity index is 608. The molecule has 1 aliphatic carbocycles. The molecule has 2 saturated heterocycles. The molecule has 2 aliphatic heterocycles. The first-order valence-electron chi connectivity index (χ1n) is 8.97. The molecule has 0 spiro atoms. The molecule has 1 saturated carbocycles. The third-order valence-electron chi connectivity index (χ3n) is 5.93. The third kappa shape index (κ3) is 2.74. The summed E-state index contributed by atoms with van der Waals surface area (Å²) in [7, 11) is 0. The SMILES string of the molecule is C[C@H]1CN(C(=O)C2(c3ccc(F)cc3)CC2)C[C@H]1N1CCOCC1. The molecular formula is C19H25FN2O2. The number of halogens is 1. The van der Waals surface area contributed by atoms with Gasteiger partial charge in [0.05, 0.1) is 18.6 Å². The lowest BCUT2D eigenvalue weighted by Gasteiger charge is -2.34. The van der Waals surface area contributed by atoms with Crippen LogP contribution in [0, 0.1) is 11.7 Å². The topological polar surface area (TPSA) is 32.8 Å². The first-order valence-corrected chi connectivity index (χ1v) is 8.97. The smallest absolute Gasteiger partial charge is 0.233 e. The monoisotopic (exact) mass is 332 g/mol. The van der Waals surface area contributed by atoms with Crippen molar-refractivity contribution in [1.29, 1.82) is 0 Å². The van der Waals surface area contributed by atoms with E-state index in [0.717, 1.165) is 57.8 Å². The second-order valence-electron chi connectivity index (χ2n) is 7.49. The molecule has 0 bridgehead atoms. The van der Waals surface area contributed by atoms with Gasteiger partial charge in [0.25, 0.3) is 0 Å². The van der Waals surface area contributed by atoms with E-state index in [4.69, 9.17) is 4.74 Å². The van der Waals surface area contributed by atoms with Crippen molar-refractivity contribution in [2.75, 3.05) is 39.4 Å². The molecule has 2 atom stereocenters. The number of hydrogen-bond donors (Lipinski definition) is 0. The average molecular weight is 332 g/mol. The average Bonchev–Trinajstić information content (AvgIpc) is 3.32. The number of amides is 1. The van der Waals surface area contributed by atoms with Crippen LogP contribution < -0.4 is 0 Å². The van der Waals surface area contributed by atoms with E-state index < -0.39 is 5.41 Å². The quantitative estimate of drug-likeness (QED) is 0.849. The second-order valence-corrected chi connectivity index (χ2v) is 7.49. The Morgan fingerprint density at radius 3 is 2.46 bits per heavy atom. The minimum absolute atomic E-state index is 0.233. The third-order valence-corrected chi connectivity index (χ3v) is 5.93. The number of hydrogen-bond acceptors (Lipinski definition) is 3. The predicted molar refractivity (Wildman–Crippen MR) is 89.2 cm³/mol. The molecule has 2 heterocycles. The molecule has 5 heteroatoms. The molecule has 0 N–H and O–H groups in total. The lowest BCUT2D eigenvalue weighted by molar-refractivity contribution is -0.133. The minimum Gasteiger partial charge on any atom is -0.379 e. The van der Waals surface area contributed by atoms with Gasteiger partial charge in [0.2, 0.25) is 5.91 Å². The molecule has 3 aliphatic rings. The zero-order chi connectivity index (χ0) is 16.7. The van der Waals surface area contributed by atoms with E-state index in [9.17, 15) is 9.18 Å². The Kier molecular flexibility index (Phi) is 4.09. The van der Waals surface area contributed by atoms with Gasteiger partial charge in [0.15, 0.2) is 0 Å². The molecule has 1 amide bonds. The zero-order valence-electron chi connectivity index (χ0n) is 14.2. The number of likely N-dealkylation sites (tertiary alicyclic amines) is 1. The van der Waals surface area contributed by atoms with Crippen LogP contribution in [0.2, 0.25) is 0 Å². The fraction of sp³-hybridized carbons (Fsp3) is 0.632. The fourth-order valence-electron chi connectivity index (χ4n) is 4.32. The first-order chi connectivity index (χ1) is 11.6. The van der Waals surface area contributed by atoms with E-state index in [-0.39, 0.29) is 11.7 Å². The standard InChI is InChI=1S/C19H25FN2O2/c1-14-12-22(13-17(14)21-8-10-24-11-9-21)18(23)19(6-7-19)15-2-4-16(20)5-3-15/h2-5,14,17H,6-13H2,1H3/t14-,17+/m0/s1. The van der Waals surface area contributed by atoms with Crippen LogP contribution in [0.4, 0.5) is 4.39 Å². The van der Waals surface area contributed by atoms with Crippen molar-refractivity contribution in [1.82, 2.24) is 9.80 Å². The van der Waals surface area contributed by atoms with E-state index in [1.165, 1.54) is 12.1 Å². The Morgan fingerprint density at radius 1 is 1.17 bits per heavy atom. The number of rotatable bonds is 3. The van der Waals surface area contributed by atoms with Crippen LogP contribution in [0.3, 0.4) is 0 Å². The van der Waals surface area contributed by atoms with Crippen LogP contribution in [0.1, 0.15) is 25.3 Å². The van der Waals surface area contributed by atoms with Gasteiger partial charge in [-0.2, -0.15) is 0 Å². The maximum atomic E-state index is 13.2. The zero-order valence-corrected chi connectivity index (χ0v) is 14.2. The van der Waals surface area contributed by atoms with Crippen LogP contribution in [-0.2, 0) is 14.9 Å². The number of benzene rings is 1. The van der Waals surface area contributed by atoms with E-state index in [0.29, 0.717) is 12.0 Å². The van der Waals surface area contributed by atoms with Gasteiger partial charge in [-0.1, -0.05) is 19.1 Å². The molecule has 3 fully saturated rings. The lowest BCUT2D eigenvalue weighted by atomic mass is 9.94. The summed E-state index contributed by atoms with van der Waals surface area (Å²) in [5, 5.41) is 0. The highest BCUT2D eigenvalue weighted by Crippen LogP contribution is 2.50. The Hall–Kier alpha value is -1.46. The van der Waals surface area contributed by atoms with Gasteiger partial charge in [0, 0.05) is 32.2 Å². The molecule has 0 aromatic heterocycles. The molecule has 24 heavy (non-hydrogen) atoms. The molecule has 1 aromatic rings. The van der Waals surface area contributed by atoms with Crippen molar-refractivity contribution in [2.24, 2.45) is 5.92 Å². The summed E-state index contributed by atoms with van der Waals surface area (Å²) in [6, 6.07) is 6.91. The van der Waals surface area contributed by atoms with Crippen molar-refractivity contribution >= 4 is 5.91 Å². The largest absolute Gasteiger partial charge is 0.379 e. The number of carbonyl (C=O) groups excluding carboxylic acids is 1. The van der Waals surface area contributed by atoms with Gasteiger partial charge in [-0.25, -0.2) is 4.39 Å². The summed E-state index contributed by atoms with van der Waals surface area (Å²) in [6.07, 6.45) is 1.76. The maximum absolute atomic E-state index is 13.2. The van der Waals surface area contributed by atoms with Crippen molar-refractivity contribution in [3.63, 3.8) is 0 Å².